The number of benzene rings is 1. The van der Waals surface area contributed by atoms with Gasteiger partial charge in [0.25, 0.3) is 5.91 Å². The number of rotatable bonds is 3. The Morgan fingerprint density at radius 1 is 1.35 bits per heavy atom. The molecule has 0 radical (unpaired) electrons. The molecule has 1 aromatic carbocycles. The quantitative estimate of drug-likeness (QED) is 0.895. The van der Waals surface area contributed by atoms with Crippen LogP contribution in [0.5, 0.6) is 0 Å². The second-order valence-corrected chi connectivity index (χ2v) is 9.08. The number of hydrogen-bond acceptors (Lipinski definition) is 4. The molecule has 0 aromatic heterocycles. The van der Waals surface area contributed by atoms with Crippen molar-refractivity contribution in [3.05, 3.63) is 29.8 Å². The highest BCUT2D eigenvalue weighted by Crippen LogP contribution is 2.28. The maximum atomic E-state index is 12.7. The average Bonchev–Trinajstić information content (AvgIpc) is 2.49. The van der Waals surface area contributed by atoms with Gasteiger partial charge in [0, 0.05) is 38.8 Å². The van der Waals surface area contributed by atoms with Crippen LogP contribution in [0.2, 0.25) is 0 Å². The van der Waals surface area contributed by atoms with E-state index in [1.807, 2.05) is 13.8 Å². The number of carbonyl (C=O) groups is 1. The van der Waals surface area contributed by atoms with Crippen LogP contribution in [0.4, 0.5) is 0 Å². The summed E-state index contributed by atoms with van der Waals surface area (Å²) in [6, 6.07) is 6.26. The number of nitrogens with two attached hydrogens (primary N) is 1. The standard InChI is InChI=1S/C16H25N3O3S/c1-16(2)11-19(9-8-14(16)17)15(20)12-6-5-7-13(10-12)23(21,22)18(3)4/h5-7,10,14H,8-9,11,17H2,1-4H3. The molecule has 0 bridgehead atoms. The largest absolute Gasteiger partial charge is 0.338 e. The van der Waals surface area contributed by atoms with Crippen molar-refractivity contribution in [2.75, 3.05) is 27.2 Å². The number of sulfonamides is 1. The summed E-state index contributed by atoms with van der Waals surface area (Å²) in [4.78, 5) is 14.6. The van der Waals surface area contributed by atoms with Crippen LogP contribution in [0.25, 0.3) is 0 Å². The SMILES string of the molecule is CN(C)S(=O)(=O)c1cccc(C(=O)N2CCC(N)C(C)(C)C2)c1. The van der Waals surface area contributed by atoms with Crippen molar-refractivity contribution in [1.82, 2.24) is 9.21 Å². The van der Waals surface area contributed by atoms with Crippen LogP contribution < -0.4 is 5.73 Å². The molecule has 1 amide bonds. The molecule has 23 heavy (non-hydrogen) atoms. The van der Waals surface area contributed by atoms with Gasteiger partial charge in [-0.15, -0.1) is 0 Å². The van der Waals surface area contributed by atoms with Gasteiger partial charge in [0.05, 0.1) is 4.90 Å². The Bertz CT molecular complexity index is 698. The third kappa shape index (κ3) is 3.57. The highest BCUT2D eigenvalue weighted by atomic mass is 32.2. The van der Waals surface area contributed by atoms with E-state index in [2.05, 4.69) is 0 Å². The first-order valence-corrected chi connectivity index (χ1v) is 9.07. The molecule has 0 saturated carbocycles. The summed E-state index contributed by atoms with van der Waals surface area (Å²) < 4.78 is 25.6. The van der Waals surface area contributed by atoms with E-state index in [9.17, 15) is 13.2 Å². The fraction of sp³-hybridized carbons (Fsp3) is 0.562. The predicted molar refractivity (Wildman–Crippen MR) is 89.6 cm³/mol. The molecule has 6 nitrogen and oxygen atoms in total. The van der Waals surface area contributed by atoms with Crippen LogP contribution in [0.1, 0.15) is 30.6 Å². The normalized spacial score (nSPS) is 21.5. The van der Waals surface area contributed by atoms with Crippen molar-refractivity contribution >= 4 is 15.9 Å². The highest BCUT2D eigenvalue weighted by Gasteiger charge is 2.35. The highest BCUT2D eigenvalue weighted by molar-refractivity contribution is 7.89. The van der Waals surface area contributed by atoms with Gasteiger partial charge in [0.2, 0.25) is 10.0 Å². The van der Waals surface area contributed by atoms with E-state index in [0.29, 0.717) is 18.7 Å². The molecule has 1 aliphatic rings. The van der Waals surface area contributed by atoms with Gasteiger partial charge in [-0.25, -0.2) is 12.7 Å². The molecule has 1 heterocycles. The third-order valence-corrected chi connectivity index (χ3v) is 6.27. The molecule has 1 unspecified atom stereocenters. The van der Waals surface area contributed by atoms with Gasteiger partial charge in [0.1, 0.15) is 0 Å². The van der Waals surface area contributed by atoms with Crippen LogP contribution in [0, 0.1) is 5.41 Å². The van der Waals surface area contributed by atoms with Crippen LogP contribution in [0.15, 0.2) is 29.2 Å². The molecule has 2 N–H and O–H groups in total. The Morgan fingerprint density at radius 3 is 2.57 bits per heavy atom. The molecule has 1 saturated heterocycles. The fourth-order valence-electron chi connectivity index (χ4n) is 2.73. The molecular formula is C16H25N3O3S. The fourth-order valence-corrected chi connectivity index (χ4v) is 3.68. The monoisotopic (exact) mass is 339 g/mol. The maximum Gasteiger partial charge on any atom is 0.253 e. The number of carbonyl (C=O) groups excluding carboxylic acids is 1. The average molecular weight is 339 g/mol. The first-order chi connectivity index (χ1) is 10.6. The minimum atomic E-state index is -3.55. The summed E-state index contributed by atoms with van der Waals surface area (Å²) in [6.07, 6.45) is 0.744. The minimum absolute atomic E-state index is 0.0620. The predicted octanol–water partition coefficient (Wildman–Crippen LogP) is 1.14. The first kappa shape index (κ1) is 17.9. The number of amides is 1. The van der Waals surface area contributed by atoms with Crippen molar-refractivity contribution in [3.8, 4) is 0 Å². The summed E-state index contributed by atoms with van der Waals surface area (Å²) in [5.74, 6) is -0.152. The van der Waals surface area contributed by atoms with Crippen molar-refractivity contribution in [3.63, 3.8) is 0 Å². The Labute approximate surface area is 138 Å². The Kier molecular flexibility index (Phi) is 4.84. The van der Waals surface area contributed by atoms with Gasteiger partial charge in [-0.2, -0.15) is 0 Å². The topological polar surface area (TPSA) is 83.7 Å². The first-order valence-electron chi connectivity index (χ1n) is 7.63. The lowest BCUT2D eigenvalue weighted by molar-refractivity contribution is 0.0533. The molecule has 0 spiro atoms. The zero-order chi connectivity index (χ0) is 17.4. The molecule has 1 aliphatic heterocycles. The van der Waals surface area contributed by atoms with Gasteiger partial charge < -0.3 is 10.6 Å². The van der Waals surface area contributed by atoms with Crippen LogP contribution in [0.3, 0.4) is 0 Å². The molecule has 2 rings (SSSR count). The lowest BCUT2D eigenvalue weighted by Crippen LogP contribution is -2.54. The van der Waals surface area contributed by atoms with Crippen molar-refractivity contribution < 1.29 is 13.2 Å². The van der Waals surface area contributed by atoms with E-state index in [-0.39, 0.29) is 22.3 Å². The molecule has 1 atom stereocenters. The van der Waals surface area contributed by atoms with Crippen LogP contribution in [-0.4, -0.2) is 56.8 Å². The van der Waals surface area contributed by atoms with Crippen LogP contribution in [-0.2, 0) is 10.0 Å². The second kappa shape index (κ2) is 6.22. The molecule has 1 aromatic rings. The van der Waals surface area contributed by atoms with E-state index in [1.165, 1.54) is 26.2 Å². The zero-order valence-corrected chi connectivity index (χ0v) is 14.9. The molecular weight excluding hydrogens is 314 g/mol. The minimum Gasteiger partial charge on any atom is -0.338 e. The smallest absolute Gasteiger partial charge is 0.253 e. The van der Waals surface area contributed by atoms with Crippen LogP contribution >= 0.6 is 0 Å². The Morgan fingerprint density at radius 2 is 2.00 bits per heavy atom. The van der Waals surface area contributed by atoms with Crippen molar-refractivity contribution in [2.24, 2.45) is 11.1 Å². The summed E-state index contributed by atoms with van der Waals surface area (Å²) >= 11 is 0. The number of hydrogen-bond donors (Lipinski definition) is 1. The molecule has 7 heteroatoms. The van der Waals surface area contributed by atoms with Gasteiger partial charge in [0.15, 0.2) is 0 Å². The Hall–Kier alpha value is -1.44. The van der Waals surface area contributed by atoms with Gasteiger partial charge in [-0.05, 0) is 30.0 Å². The lowest BCUT2D eigenvalue weighted by atomic mass is 9.79. The van der Waals surface area contributed by atoms with Crippen molar-refractivity contribution in [1.29, 1.82) is 0 Å². The summed E-state index contributed by atoms with van der Waals surface area (Å²) in [5, 5.41) is 0. The van der Waals surface area contributed by atoms with Gasteiger partial charge >= 0.3 is 0 Å². The second-order valence-electron chi connectivity index (χ2n) is 6.93. The molecule has 0 aliphatic carbocycles. The van der Waals surface area contributed by atoms with E-state index < -0.39 is 10.0 Å². The van der Waals surface area contributed by atoms with Gasteiger partial charge in [-0.1, -0.05) is 19.9 Å². The van der Waals surface area contributed by atoms with Gasteiger partial charge in [-0.3, -0.25) is 4.79 Å². The Balaban J connectivity index is 2.28. The molecule has 1 fully saturated rings. The zero-order valence-electron chi connectivity index (χ0n) is 14.1. The number of piperidine rings is 1. The molecule has 128 valence electrons. The van der Waals surface area contributed by atoms with E-state index >= 15 is 0 Å². The summed E-state index contributed by atoms with van der Waals surface area (Å²) in [6.45, 7) is 5.25. The van der Waals surface area contributed by atoms with E-state index in [0.717, 1.165) is 10.7 Å². The van der Waals surface area contributed by atoms with E-state index in [1.54, 1.807) is 17.0 Å². The summed E-state index contributed by atoms with van der Waals surface area (Å²) in [7, 11) is -0.611. The van der Waals surface area contributed by atoms with E-state index in [4.69, 9.17) is 5.73 Å². The third-order valence-electron chi connectivity index (χ3n) is 4.46. The number of nitrogens with zero attached hydrogens (tertiary/aromatic N) is 2. The number of likely N-dealkylation sites (tertiary alicyclic amines) is 1. The summed E-state index contributed by atoms with van der Waals surface area (Å²) in [5.41, 5.74) is 6.34. The van der Waals surface area contributed by atoms with Crippen molar-refractivity contribution in [2.45, 2.75) is 31.2 Å². The lowest BCUT2D eigenvalue weighted by Gasteiger charge is -2.42. The maximum absolute atomic E-state index is 12.7.